The molecule has 0 aromatic heterocycles. The van der Waals surface area contributed by atoms with Gasteiger partial charge in [0, 0.05) is 6.54 Å². The molecule has 2 heteroatoms. The lowest BCUT2D eigenvalue weighted by atomic mass is 9.87. The Balaban J connectivity index is 2.27. The van der Waals surface area contributed by atoms with Crippen LogP contribution in [0.4, 0.5) is 0 Å². The van der Waals surface area contributed by atoms with Crippen molar-refractivity contribution in [2.24, 2.45) is 11.8 Å². The van der Waals surface area contributed by atoms with Crippen LogP contribution in [0.15, 0.2) is 30.3 Å². The van der Waals surface area contributed by atoms with Crippen molar-refractivity contribution in [2.75, 3.05) is 20.6 Å². The maximum absolute atomic E-state index is 10.9. The van der Waals surface area contributed by atoms with Gasteiger partial charge >= 0.3 is 0 Å². The fourth-order valence-electron chi connectivity index (χ4n) is 2.62. The zero-order valence-corrected chi connectivity index (χ0v) is 10.4. The number of likely N-dealkylation sites (N-methyl/N-ethyl adjacent to an activating group) is 1. The molecule has 1 N–H and O–H groups in total. The largest absolute Gasteiger partial charge is 0.384 e. The van der Waals surface area contributed by atoms with Crippen LogP contribution in [0.1, 0.15) is 18.9 Å². The van der Waals surface area contributed by atoms with E-state index in [-0.39, 0.29) is 0 Å². The van der Waals surface area contributed by atoms with Crippen LogP contribution < -0.4 is 0 Å². The molecular formula is C14H21NO. The molecule has 1 saturated carbocycles. The average molecular weight is 219 g/mol. The summed E-state index contributed by atoms with van der Waals surface area (Å²) in [6.07, 6.45) is 1.14. The first-order valence-corrected chi connectivity index (χ1v) is 5.96. The third kappa shape index (κ3) is 2.13. The third-order valence-corrected chi connectivity index (χ3v) is 3.55. The Kier molecular flexibility index (Phi) is 3.04. The van der Waals surface area contributed by atoms with Crippen molar-refractivity contribution in [3.05, 3.63) is 35.9 Å². The van der Waals surface area contributed by atoms with Crippen molar-refractivity contribution in [3.63, 3.8) is 0 Å². The van der Waals surface area contributed by atoms with Crippen LogP contribution in [0.2, 0.25) is 0 Å². The summed E-state index contributed by atoms with van der Waals surface area (Å²) in [5.74, 6) is 1.06. The van der Waals surface area contributed by atoms with Crippen LogP contribution in [0.25, 0.3) is 0 Å². The Bertz CT molecular complexity index is 349. The van der Waals surface area contributed by atoms with E-state index in [1.165, 1.54) is 0 Å². The van der Waals surface area contributed by atoms with Gasteiger partial charge in [0.05, 0.1) is 0 Å². The van der Waals surface area contributed by atoms with Gasteiger partial charge in [-0.1, -0.05) is 37.3 Å². The van der Waals surface area contributed by atoms with Crippen molar-refractivity contribution >= 4 is 0 Å². The minimum atomic E-state index is -0.676. The van der Waals surface area contributed by atoms with Crippen LogP contribution in [-0.2, 0) is 5.60 Å². The molecule has 1 aromatic carbocycles. The first-order chi connectivity index (χ1) is 7.54. The number of nitrogens with zero attached hydrogens (tertiary/aromatic N) is 1. The second kappa shape index (κ2) is 4.19. The summed E-state index contributed by atoms with van der Waals surface area (Å²) in [6.45, 7) is 2.92. The highest BCUT2D eigenvalue weighted by Gasteiger charge is 2.50. The molecule has 3 atom stereocenters. The molecule has 0 bridgehead atoms. The molecule has 0 spiro atoms. The van der Waals surface area contributed by atoms with E-state index in [9.17, 15) is 5.11 Å². The van der Waals surface area contributed by atoms with Crippen LogP contribution in [0.3, 0.4) is 0 Å². The number of benzene rings is 1. The van der Waals surface area contributed by atoms with E-state index in [2.05, 4.69) is 11.8 Å². The van der Waals surface area contributed by atoms with E-state index < -0.39 is 5.60 Å². The Labute approximate surface area is 97.9 Å². The zero-order valence-electron chi connectivity index (χ0n) is 10.4. The summed E-state index contributed by atoms with van der Waals surface area (Å²) >= 11 is 0. The van der Waals surface area contributed by atoms with Crippen LogP contribution in [-0.4, -0.2) is 30.6 Å². The highest BCUT2D eigenvalue weighted by atomic mass is 16.3. The zero-order chi connectivity index (χ0) is 11.8. The van der Waals surface area contributed by atoms with Crippen LogP contribution in [0, 0.1) is 11.8 Å². The molecule has 88 valence electrons. The molecule has 2 rings (SSSR count). The van der Waals surface area contributed by atoms with E-state index >= 15 is 0 Å². The molecule has 0 aliphatic heterocycles. The molecule has 0 radical (unpaired) electrons. The Hall–Kier alpha value is -0.860. The fraction of sp³-hybridized carbons (Fsp3) is 0.571. The highest BCUT2D eigenvalue weighted by molar-refractivity contribution is 5.26. The first kappa shape index (κ1) is 11.6. The van der Waals surface area contributed by atoms with Crippen molar-refractivity contribution in [2.45, 2.75) is 18.9 Å². The molecule has 16 heavy (non-hydrogen) atoms. The van der Waals surface area contributed by atoms with E-state index in [1.54, 1.807) is 0 Å². The maximum Gasteiger partial charge on any atom is 0.105 e. The fourth-order valence-corrected chi connectivity index (χ4v) is 2.62. The second-order valence-electron chi connectivity index (χ2n) is 5.35. The smallest absolute Gasteiger partial charge is 0.105 e. The summed E-state index contributed by atoms with van der Waals surface area (Å²) < 4.78 is 0. The number of hydrogen-bond donors (Lipinski definition) is 1. The number of rotatable bonds is 4. The summed E-state index contributed by atoms with van der Waals surface area (Å²) in [4.78, 5) is 2.07. The van der Waals surface area contributed by atoms with E-state index in [4.69, 9.17) is 0 Å². The van der Waals surface area contributed by atoms with Crippen molar-refractivity contribution in [1.29, 1.82) is 0 Å². The minimum Gasteiger partial charge on any atom is -0.384 e. The third-order valence-electron chi connectivity index (χ3n) is 3.55. The van der Waals surface area contributed by atoms with Gasteiger partial charge in [-0.3, -0.25) is 0 Å². The summed E-state index contributed by atoms with van der Waals surface area (Å²) in [7, 11) is 4.03. The van der Waals surface area contributed by atoms with Crippen LogP contribution in [0.5, 0.6) is 0 Å². The van der Waals surface area contributed by atoms with Gasteiger partial charge in [0.25, 0.3) is 0 Å². The minimum absolute atomic E-state index is 0.414. The predicted octanol–water partition coefficient (Wildman–Crippen LogP) is 2.09. The SMILES string of the molecule is CC1CC1C(O)(CN(C)C)c1ccccc1. The molecule has 0 heterocycles. The van der Waals surface area contributed by atoms with Crippen molar-refractivity contribution in [1.82, 2.24) is 4.90 Å². The molecule has 0 saturated heterocycles. The topological polar surface area (TPSA) is 23.5 Å². The van der Waals surface area contributed by atoms with E-state index in [0.717, 1.165) is 12.0 Å². The Morgan fingerprint density at radius 2 is 1.88 bits per heavy atom. The normalized spacial score (nSPS) is 27.8. The highest BCUT2D eigenvalue weighted by Crippen LogP contribution is 2.50. The maximum atomic E-state index is 10.9. The molecule has 2 nitrogen and oxygen atoms in total. The standard InChI is InChI=1S/C14H21NO/c1-11-9-13(11)14(16,10-15(2)3)12-7-5-4-6-8-12/h4-8,11,13,16H,9-10H2,1-3H3. The predicted molar refractivity (Wildman–Crippen MR) is 66.2 cm³/mol. The molecule has 1 aromatic rings. The molecule has 1 fully saturated rings. The molecule has 1 aliphatic carbocycles. The lowest BCUT2D eigenvalue weighted by Crippen LogP contribution is -2.40. The Morgan fingerprint density at radius 3 is 2.31 bits per heavy atom. The van der Waals surface area contributed by atoms with Gasteiger partial charge in [0.1, 0.15) is 5.60 Å². The summed E-state index contributed by atoms with van der Waals surface area (Å²) in [6, 6.07) is 10.1. The van der Waals surface area contributed by atoms with Crippen LogP contribution >= 0.6 is 0 Å². The van der Waals surface area contributed by atoms with Gasteiger partial charge in [-0.05, 0) is 37.9 Å². The number of hydrogen-bond acceptors (Lipinski definition) is 2. The molecule has 0 amide bonds. The monoisotopic (exact) mass is 219 g/mol. The van der Waals surface area contributed by atoms with Gasteiger partial charge in [-0.15, -0.1) is 0 Å². The van der Waals surface area contributed by atoms with E-state index in [0.29, 0.717) is 18.4 Å². The van der Waals surface area contributed by atoms with Gasteiger partial charge in [-0.25, -0.2) is 0 Å². The quantitative estimate of drug-likeness (QED) is 0.838. The van der Waals surface area contributed by atoms with E-state index in [1.807, 2.05) is 44.4 Å². The molecule has 1 aliphatic rings. The summed E-state index contributed by atoms with van der Waals surface area (Å²) in [5, 5.41) is 10.9. The van der Waals surface area contributed by atoms with Gasteiger partial charge < -0.3 is 10.0 Å². The lowest BCUT2D eigenvalue weighted by Gasteiger charge is -2.32. The molecule has 3 unspecified atom stereocenters. The van der Waals surface area contributed by atoms with Gasteiger partial charge in [-0.2, -0.15) is 0 Å². The van der Waals surface area contributed by atoms with Crippen molar-refractivity contribution in [3.8, 4) is 0 Å². The first-order valence-electron chi connectivity index (χ1n) is 5.96. The number of aliphatic hydroxyl groups is 1. The molecular weight excluding hydrogens is 198 g/mol. The Morgan fingerprint density at radius 1 is 1.31 bits per heavy atom. The summed E-state index contributed by atoms with van der Waals surface area (Å²) in [5.41, 5.74) is 0.377. The van der Waals surface area contributed by atoms with Gasteiger partial charge in [0.15, 0.2) is 0 Å². The second-order valence-corrected chi connectivity index (χ2v) is 5.35. The lowest BCUT2D eigenvalue weighted by molar-refractivity contribution is -0.0140. The average Bonchev–Trinajstić information content (AvgIpc) is 2.96. The van der Waals surface area contributed by atoms with Crippen molar-refractivity contribution < 1.29 is 5.11 Å². The van der Waals surface area contributed by atoms with Gasteiger partial charge in [0.2, 0.25) is 0 Å².